The van der Waals surface area contributed by atoms with Crippen LogP contribution in [-0.4, -0.2) is 21.4 Å². The molecule has 0 radical (unpaired) electrons. The van der Waals surface area contributed by atoms with E-state index in [1.54, 1.807) is 0 Å². The van der Waals surface area contributed by atoms with Crippen molar-refractivity contribution in [3.63, 3.8) is 0 Å². The van der Waals surface area contributed by atoms with Gasteiger partial charge in [0, 0.05) is 0 Å². The molecule has 0 heterocycles. The molecule has 0 amide bonds. The van der Waals surface area contributed by atoms with Crippen LogP contribution in [0.3, 0.4) is 0 Å². The Hall–Kier alpha value is -0.0800. The molecule has 116 valence electrons. The van der Waals surface area contributed by atoms with Crippen molar-refractivity contribution < 1.29 is 10.2 Å². The topological polar surface area (TPSA) is 40.5 Å². The van der Waals surface area contributed by atoms with Crippen molar-refractivity contribution in [3.8, 4) is 0 Å². The molecule has 0 aromatic carbocycles. The van der Waals surface area contributed by atoms with Crippen LogP contribution in [0.4, 0.5) is 0 Å². The van der Waals surface area contributed by atoms with Crippen LogP contribution in [0.25, 0.3) is 0 Å². The molecule has 0 saturated carbocycles. The van der Waals surface area contributed by atoms with Crippen molar-refractivity contribution in [1.82, 2.24) is 0 Å². The van der Waals surface area contributed by atoms with Crippen molar-refractivity contribution in [3.05, 3.63) is 0 Å². The zero-order valence-corrected chi connectivity index (χ0v) is 14.3. The average Bonchev–Trinajstić information content (AvgIpc) is 2.27. The molecule has 0 atom stereocenters. The number of hydrogen-bond acceptors (Lipinski definition) is 2. The second-order valence-corrected chi connectivity index (χ2v) is 7.45. The molecule has 0 aliphatic heterocycles. The molecule has 0 rings (SSSR count). The van der Waals surface area contributed by atoms with Crippen molar-refractivity contribution >= 4 is 0 Å². The maximum absolute atomic E-state index is 10.8. The average molecular weight is 272 g/mol. The van der Waals surface area contributed by atoms with Crippen LogP contribution >= 0.6 is 0 Å². The summed E-state index contributed by atoms with van der Waals surface area (Å²) in [7, 11) is 0. The Kier molecular flexibility index (Phi) is 7.05. The second-order valence-electron chi connectivity index (χ2n) is 7.45. The van der Waals surface area contributed by atoms with E-state index in [1.165, 1.54) is 0 Å². The van der Waals surface area contributed by atoms with Gasteiger partial charge in [0.25, 0.3) is 0 Å². The van der Waals surface area contributed by atoms with Gasteiger partial charge in [0.15, 0.2) is 0 Å². The van der Waals surface area contributed by atoms with Gasteiger partial charge in [-0.3, -0.25) is 0 Å². The fourth-order valence-electron chi connectivity index (χ4n) is 3.14. The highest BCUT2D eigenvalue weighted by Crippen LogP contribution is 2.36. The monoisotopic (exact) mass is 272 g/mol. The molecule has 0 bridgehead atoms. The lowest BCUT2D eigenvalue weighted by atomic mass is 9.73. The lowest BCUT2D eigenvalue weighted by Crippen LogP contribution is -2.43. The number of aliphatic hydroxyl groups is 2. The van der Waals surface area contributed by atoms with Crippen LogP contribution in [0.15, 0.2) is 0 Å². The summed E-state index contributed by atoms with van der Waals surface area (Å²) >= 11 is 0. The smallest absolute Gasteiger partial charge is 0.0693 e. The predicted octanol–water partition coefficient (Wildman–Crippen LogP) is 4.24. The fourth-order valence-corrected chi connectivity index (χ4v) is 3.14. The molecule has 0 aliphatic carbocycles. The Morgan fingerprint density at radius 3 is 0.947 bits per heavy atom. The SMILES string of the molecule is CC(C)C(O)(CCCC(O)(C(C)C)C(C)C)C(C)C. The van der Waals surface area contributed by atoms with Crippen molar-refractivity contribution in [2.45, 2.75) is 85.9 Å². The summed E-state index contributed by atoms with van der Waals surface area (Å²) in [5.74, 6) is 0.995. The summed E-state index contributed by atoms with van der Waals surface area (Å²) in [6.45, 7) is 16.6. The highest BCUT2D eigenvalue weighted by molar-refractivity contribution is 4.89. The molecule has 0 unspecified atom stereocenters. The second kappa shape index (κ2) is 7.08. The van der Waals surface area contributed by atoms with Gasteiger partial charge in [0.1, 0.15) is 0 Å². The Bertz CT molecular complexity index is 212. The van der Waals surface area contributed by atoms with Crippen LogP contribution in [-0.2, 0) is 0 Å². The van der Waals surface area contributed by atoms with Gasteiger partial charge in [-0.05, 0) is 42.9 Å². The largest absolute Gasteiger partial charge is 0.389 e. The van der Waals surface area contributed by atoms with Crippen molar-refractivity contribution in [1.29, 1.82) is 0 Å². The maximum Gasteiger partial charge on any atom is 0.0693 e. The standard InChI is InChI=1S/C17H36O2/c1-12(2)16(18,13(3)4)10-9-11-17(19,14(5)6)15(7)8/h12-15,18-19H,9-11H2,1-8H3. The van der Waals surface area contributed by atoms with Gasteiger partial charge in [0.05, 0.1) is 11.2 Å². The first kappa shape index (κ1) is 18.9. The van der Waals surface area contributed by atoms with E-state index in [-0.39, 0.29) is 23.7 Å². The van der Waals surface area contributed by atoms with Crippen LogP contribution in [0.2, 0.25) is 0 Å². The van der Waals surface area contributed by atoms with Crippen LogP contribution in [0.1, 0.15) is 74.7 Å². The Labute approximate surface area is 120 Å². The molecule has 19 heavy (non-hydrogen) atoms. The third kappa shape index (κ3) is 4.46. The molecular weight excluding hydrogens is 236 g/mol. The first-order valence-electron chi connectivity index (χ1n) is 7.93. The van der Waals surface area contributed by atoms with E-state index >= 15 is 0 Å². The van der Waals surface area contributed by atoms with E-state index in [9.17, 15) is 10.2 Å². The van der Waals surface area contributed by atoms with Gasteiger partial charge in [-0.15, -0.1) is 0 Å². The Balaban J connectivity index is 4.65. The summed E-state index contributed by atoms with van der Waals surface area (Å²) in [6.07, 6.45) is 2.41. The van der Waals surface area contributed by atoms with Gasteiger partial charge in [-0.2, -0.15) is 0 Å². The molecule has 0 aromatic heterocycles. The predicted molar refractivity (Wildman–Crippen MR) is 83.1 cm³/mol. The van der Waals surface area contributed by atoms with Crippen molar-refractivity contribution in [2.24, 2.45) is 23.7 Å². The van der Waals surface area contributed by atoms with Gasteiger partial charge in [-0.25, -0.2) is 0 Å². The summed E-state index contributed by atoms with van der Waals surface area (Å²) in [5, 5.41) is 21.5. The maximum atomic E-state index is 10.8. The first-order valence-corrected chi connectivity index (χ1v) is 7.93. The zero-order chi connectivity index (χ0) is 15.4. The summed E-state index contributed by atoms with van der Waals surface area (Å²) in [5.41, 5.74) is -1.23. The zero-order valence-electron chi connectivity index (χ0n) is 14.3. The number of hydrogen-bond donors (Lipinski definition) is 2. The highest BCUT2D eigenvalue weighted by atomic mass is 16.3. The molecule has 2 nitrogen and oxygen atoms in total. The first-order chi connectivity index (χ1) is 8.48. The van der Waals surface area contributed by atoms with Crippen LogP contribution < -0.4 is 0 Å². The normalized spacial score (nSPS) is 14.2. The van der Waals surface area contributed by atoms with Gasteiger partial charge in [0.2, 0.25) is 0 Å². The minimum atomic E-state index is -0.616. The molecule has 0 fully saturated rings. The molecule has 2 N–H and O–H groups in total. The Morgan fingerprint density at radius 1 is 0.579 bits per heavy atom. The minimum absolute atomic E-state index is 0.249. The van der Waals surface area contributed by atoms with E-state index in [0.29, 0.717) is 0 Å². The highest BCUT2D eigenvalue weighted by Gasteiger charge is 2.37. The van der Waals surface area contributed by atoms with E-state index in [4.69, 9.17) is 0 Å². The van der Waals surface area contributed by atoms with Gasteiger partial charge >= 0.3 is 0 Å². The molecule has 0 aromatic rings. The van der Waals surface area contributed by atoms with Gasteiger partial charge in [-0.1, -0.05) is 55.4 Å². The van der Waals surface area contributed by atoms with E-state index in [1.807, 2.05) is 0 Å². The van der Waals surface area contributed by atoms with E-state index in [0.717, 1.165) is 19.3 Å². The van der Waals surface area contributed by atoms with Crippen molar-refractivity contribution in [2.75, 3.05) is 0 Å². The van der Waals surface area contributed by atoms with E-state index < -0.39 is 11.2 Å². The Morgan fingerprint density at radius 2 is 0.789 bits per heavy atom. The lowest BCUT2D eigenvalue weighted by molar-refractivity contribution is -0.0783. The van der Waals surface area contributed by atoms with Gasteiger partial charge < -0.3 is 10.2 Å². The number of rotatable bonds is 8. The molecule has 0 spiro atoms. The molecular formula is C17H36O2. The third-order valence-electron chi connectivity index (χ3n) is 5.15. The minimum Gasteiger partial charge on any atom is -0.389 e. The van der Waals surface area contributed by atoms with Crippen LogP contribution in [0.5, 0.6) is 0 Å². The summed E-state index contributed by atoms with van der Waals surface area (Å²) in [4.78, 5) is 0. The quantitative estimate of drug-likeness (QED) is 0.693. The summed E-state index contributed by atoms with van der Waals surface area (Å²) in [6, 6.07) is 0. The third-order valence-corrected chi connectivity index (χ3v) is 5.15. The molecule has 0 saturated heterocycles. The summed E-state index contributed by atoms with van der Waals surface area (Å²) < 4.78 is 0. The lowest BCUT2D eigenvalue weighted by Gasteiger charge is -2.40. The fraction of sp³-hybridized carbons (Fsp3) is 1.00. The molecule has 0 aliphatic rings. The molecule has 2 heteroatoms. The van der Waals surface area contributed by atoms with E-state index in [2.05, 4.69) is 55.4 Å². The van der Waals surface area contributed by atoms with Crippen LogP contribution in [0, 0.1) is 23.7 Å².